The molecule has 0 amide bonds. The van der Waals surface area contributed by atoms with Gasteiger partial charge in [0.05, 0.1) is 28.9 Å². The molecule has 0 spiro atoms. The van der Waals surface area contributed by atoms with Crippen molar-refractivity contribution in [2.45, 2.75) is 0 Å². The summed E-state index contributed by atoms with van der Waals surface area (Å²) in [5, 5.41) is 4.19. The smallest absolute Gasteiger partial charge is 0.0629 e. The topological polar surface area (TPSA) is 9.86 Å². The molecule has 2 aromatic heterocycles. The number of nitrogens with zero attached hydrogens (tertiary/aromatic N) is 2. The Labute approximate surface area is 262 Å². The Hall–Kier alpha value is -5.86. The van der Waals surface area contributed by atoms with Gasteiger partial charge in [-0.2, -0.15) is 0 Å². The zero-order valence-electron chi connectivity index (χ0n) is 28.7. The van der Waals surface area contributed by atoms with Gasteiger partial charge in [0.1, 0.15) is 0 Å². The van der Waals surface area contributed by atoms with Crippen LogP contribution in [0.2, 0.25) is 0 Å². The van der Waals surface area contributed by atoms with E-state index in [4.69, 9.17) is 6.85 Å². The van der Waals surface area contributed by atoms with Crippen LogP contribution in [0.1, 0.15) is 6.85 Å². The molecule has 2 heteroatoms. The number of fused-ring (bicyclic) bond motifs is 7. The summed E-state index contributed by atoms with van der Waals surface area (Å²) in [4.78, 5) is 0. The Morgan fingerprint density at radius 1 is 0.364 bits per heavy atom. The third kappa shape index (κ3) is 3.75. The summed E-state index contributed by atoms with van der Waals surface area (Å²) in [6.07, 6.45) is 0. The van der Waals surface area contributed by atoms with E-state index in [1.807, 2.05) is 54.6 Å². The van der Waals surface area contributed by atoms with Gasteiger partial charge >= 0.3 is 0 Å². The Morgan fingerprint density at radius 3 is 1.61 bits per heavy atom. The summed E-state index contributed by atoms with van der Waals surface area (Å²) in [5.74, 6) is 0. The van der Waals surface area contributed by atoms with Crippen molar-refractivity contribution in [3.8, 4) is 33.6 Å². The van der Waals surface area contributed by atoms with Crippen molar-refractivity contribution in [1.82, 2.24) is 9.13 Å². The van der Waals surface area contributed by atoms with Crippen LogP contribution >= 0.6 is 0 Å². The number of hydrogen-bond acceptors (Lipinski definition) is 0. The highest BCUT2D eigenvalue weighted by Gasteiger charge is 2.21. The minimum Gasteiger partial charge on any atom is -0.309 e. The Bertz CT molecular complexity index is 2720. The maximum Gasteiger partial charge on any atom is 0.0629 e. The van der Waals surface area contributed by atoms with Gasteiger partial charge in [-0.25, -0.2) is 0 Å². The van der Waals surface area contributed by atoms with Crippen LogP contribution in [0.15, 0.2) is 170 Å². The van der Waals surface area contributed by atoms with Gasteiger partial charge in [0.15, 0.2) is 0 Å². The minimum atomic E-state index is -0.397. The third-order valence-corrected chi connectivity index (χ3v) is 8.60. The zero-order valence-corrected chi connectivity index (χ0v) is 23.7. The minimum absolute atomic E-state index is 0.194. The molecule has 0 atom stereocenters. The van der Waals surface area contributed by atoms with Crippen molar-refractivity contribution in [3.63, 3.8) is 0 Å². The average molecular weight is 566 g/mol. The van der Waals surface area contributed by atoms with Crippen molar-refractivity contribution >= 4 is 43.6 Å². The molecule has 0 saturated heterocycles. The molecule has 0 N–H and O–H groups in total. The van der Waals surface area contributed by atoms with E-state index >= 15 is 0 Å². The van der Waals surface area contributed by atoms with Crippen molar-refractivity contribution in [2.75, 3.05) is 0 Å². The van der Waals surface area contributed by atoms with Crippen LogP contribution in [-0.4, -0.2) is 9.13 Å². The number of para-hydroxylation sites is 2. The average Bonchev–Trinajstić information content (AvgIpc) is 3.66. The quantitative estimate of drug-likeness (QED) is 0.201. The first kappa shape index (κ1) is 20.1. The van der Waals surface area contributed by atoms with Crippen LogP contribution in [0.5, 0.6) is 0 Å². The largest absolute Gasteiger partial charge is 0.309 e. The summed E-state index contributed by atoms with van der Waals surface area (Å²) in [6.45, 7) is 0. The zero-order chi connectivity index (χ0) is 33.4. The van der Waals surface area contributed by atoms with Crippen LogP contribution in [0.4, 0.5) is 0 Å². The van der Waals surface area contributed by atoms with Crippen molar-refractivity contribution in [1.29, 1.82) is 0 Å². The second kappa shape index (κ2) is 9.86. The molecule has 0 aliphatic carbocycles. The highest BCUT2D eigenvalue weighted by molar-refractivity contribution is 6.29. The van der Waals surface area contributed by atoms with Gasteiger partial charge in [-0.15, -0.1) is 0 Å². The second-order valence-corrected chi connectivity index (χ2v) is 11.0. The molecule has 0 radical (unpaired) electrons. The van der Waals surface area contributed by atoms with E-state index < -0.39 is 6.04 Å². The molecule has 0 aliphatic heterocycles. The molecule has 44 heavy (non-hydrogen) atoms. The first-order valence-electron chi connectivity index (χ1n) is 17.2. The molecule has 2 heterocycles. The fourth-order valence-corrected chi connectivity index (χ4v) is 6.69. The predicted octanol–water partition coefficient (Wildman–Crippen LogP) is 11.2. The van der Waals surface area contributed by atoms with E-state index in [9.17, 15) is 0 Å². The summed E-state index contributed by atoms with van der Waals surface area (Å²) in [7, 11) is 0. The SMILES string of the molecule is [2H]c1c([2H])c([2H])c(-c2ccc3c(c2)c2c4c5ccccc5n(-c5ccccc5)c4ccc2n3-c2ccc(-c3ccccc3)cc2)c([2H])c1[2H]. The lowest BCUT2D eigenvalue weighted by Crippen LogP contribution is -1.95. The van der Waals surface area contributed by atoms with Gasteiger partial charge < -0.3 is 9.13 Å². The Balaban J connectivity index is 1.41. The van der Waals surface area contributed by atoms with E-state index in [1.165, 1.54) is 0 Å². The standard InChI is InChI=1S/C42H28N2/c1-4-12-29(13-5-1)31-20-23-34(24-21-31)44-38-25-22-32(30-14-6-2-7-15-30)28-36(38)42-40(44)27-26-39-41(42)35-18-10-11-19-37(35)43(39)33-16-8-3-9-17-33/h1-28H/i2D,6D,7D,14D,15D. The lowest BCUT2D eigenvalue weighted by molar-refractivity contribution is 1.17. The number of aromatic nitrogens is 2. The Kier molecular flexibility index (Phi) is 4.51. The van der Waals surface area contributed by atoms with E-state index in [-0.39, 0.29) is 29.7 Å². The predicted molar refractivity (Wildman–Crippen MR) is 186 cm³/mol. The van der Waals surface area contributed by atoms with Crippen molar-refractivity contribution in [2.24, 2.45) is 0 Å². The van der Waals surface area contributed by atoms with Crippen LogP contribution in [0.3, 0.4) is 0 Å². The summed E-state index contributed by atoms with van der Waals surface area (Å²) >= 11 is 0. The molecule has 9 aromatic rings. The molecule has 0 unspecified atom stereocenters. The third-order valence-electron chi connectivity index (χ3n) is 8.60. The molecule has 0 bridgehead atoms. The van der Waals surface area contributed by atoms with E-state index in [0.29, 0.717) is 5.56 Å². The first-order valence-corrected chi connectivity index (χ1v) is 14.7. The van der Waals surface area contributed by atoms with Gasteiger partial charge in [0.2, 0.25) is 0 Å². The summed E-state index contributed by atoms with van der Waals surface area (Å²) < 4.78 is 46.8. The molecule has 7 aromatic carbocycles. The monoisotopic (exact) mass is 565 g/mol. The number of rotatable bonds is 4. The first-order chi connectivity index (χ1) is 23.9. The maximum absolute atomic E-state index is 8.73. The van der Waals surface area contributed by atoms with Crippen LogP contribution in [0, 0.1) is 0 Å². The van der Waals surface area contributed by atoms with Crippen LogP contribution < -0.4 is 0 Å². The molecule has 0 fully saturated rings. The number of benzene rings is 7. The Morgan fingerprint density at radius 2 is 0.886 bits per heavy atom. The van der Waals surface area contributed by atoms with E-state index in [2.05, 4.69) is 94.1 Å². The summed E-state index contributed by atoms with van der Waals surface area (Å²) in [6, 6.07) is 46.4. The number of hydrogen-bond donors (Lipinski definition) is 0. The van der Waals surface area contributed by atoms with Gasteiger partial charge in [-0.3, -0.25) is 0 Å². The van der Waals surface area contributed by atoms with E-state index in [0.717, 1.165) is 66.1 Å². The fraction of sp³-hybridized carbons (Fsp3) is 0. The van der Waals surface area contributed by atoms with Crippen molar-refractivity contribution in [3.05, 3.63) is 170 Å². The van der Waals surface area contributed by atoms with Gasteiger partial charge in [0, 0.05) is 32.9 Å². The van der Waals surface area contributed by atoms with Gasteiger partial charge in [-0.05, 0) is 76.9 Å². The lowest BCUT2D eigenvalue weighted by atomic mass is 10.0. The second-order valence-electron chi connectivity index (χ2n) is 11.0. The maximum atomic E-state index is 8.73. The molecule has 9 rings (SSSR count). The molecule has 0 saturated carbocycles. The lowest BCUT2D eigenvalue weighted by Gasteiger charge is -2.10. The molecule has 0 aliphatic rings. The van der Waals surface area contributed by atoms with Gasteiger partial charge in [0.25, 0.3) is 0 Å². The molecular weight excluding hydrogens is 532 g/mol. The van der Waals surface area contributed by atoms with Crippen LogP contribution in [-0.2, 0) is 0 Å². The molecular formula is C42H28N2. The highest BCUT2D eigenvalue weighted by atomic mass is 15.0. The van der Waals surface area contributed by atoms with E-state index in [1.54, 1.807) is 0 Å². The molecule has 2 nitrogen and oxygen atoms in total. The van der Waals surface area contributed by atoms with Crippen molar-refractivity contribution < 1.29 is 6.85 Å². The van der Waals surface area contributed by atoms with Crippen LogP contribution in [0.25, 0.3) is 77.2 Å². The highest BCUT2D eigenvalue weighted by Crippen LogP contribution is 2.43. The fourth-order valence-electron chi connectivity index (χ4n) is 6.69. The normalized spacial score (nSPS) is 13.2. The summed E-state index contributed by atoms with van der Waals surface area (Å²) in [5.41, 5.74) is 9.24. The molecule has 206 valence electrons. The van der Waals surface area contributed by atoms with Gasteiger partial charge in [-0.1, -0.05) is 115 Å².